The number of nitrogens with zero attached hydrogens (tertiary/aromatic N) is 1. The third kappa shape index (κ3) is 3.79. The van der Waals surface area contributed by atoms with Crippen molar-refractivity contribution in [1.82, 2.24) is 9.62 Å². The van der Waals surface area contributed by atoms with Crippen LogP contribution in [0.3, 0.4) is 0 Å². The van der Waals surface area contributed by atoms with Gasteiger partial charge in [-0.3, -0.25) is 4.90 Å². The molecular formula is C14H22N2O3S. The molecule has 1 fully saturated rings. The van der Waals surface area contributed by atoms with E-state index in [1.54, 1.807) is 6.92 Å². The Kier molecular flexibility index (Phi) is 5.15. The Morgan fingerprint density at radius 3 is 2.55 bits per heavy atom. The standard InChI is InChI=1S/C14H22N2O3S/c1-2-15-20(18,19)14-7-8-16(10-14)9-12-3-5-13(11-17)6-4-12/h3-6,14-15,17H,2,7-11H2,1H3. The van der Waals surface area contributed by atoms with Gasteiger partial charge in [-0.2, -0.15) is 0 Å². The lowest BCUT2D eigenvalue weighted by Crippen LogP contribution is -2.36. The number of aliphatic hydroxyl groups excluding tert-OH is 1. The molecule has 20 heavy (non-hydrogen) atoms. The second kappa shape index (κ2) is 6.67. The average Bonchev–Trinajstić information content (AvgIpc) is 2.89. The summed E-state index contributed by atoms with van der Waals surface area (Å²) >= 11 is 0. The third-order valence-corrected chi connectivity index (χ3v) is 5.58. The van der Waals surface area contributed by atoms with Crippen LogP contribution in [0.4, 0.5) is 0 Å². The molecule has 0 aliphatic carbocycles. The van der Waals surface area contributed by atoms with Crippen molar-refractivity contribution in [2.75, 3.05) is 19.6 Å². The van der Waals surface area contributed by atoms with Gasteiger partial charge in [-0.15, -0.1) is 0 Å². The summed E-state index contributed by atoms with van der Waals surface area (Å²) in [4.78, 5) is 2.16. The van der Waals surface area contributed by atoms with Crippen LogP contribution in [-0.4, -0.2) is 43.3 Å². The lowest BCUT2D eigenvalue weighted by molar-refractivity contribution is 0.281. The van der Waals surface area contributed by atoms with Crippen molar-refractivity contribution >= 4 is 10.0 Å². The van der Waals surface area contributed by atoms with Gasteiger partial charge in [0.05, 0.1) is 11.9 Å². The normalized spacial score (nSPS) is 20.4. The molecule has 1 aliphatic heterocycles. The van der Waals surface area contributed by atoms with Gasteiger partial charge in [-0.1, -0.05) is 31.2 Å². The molecule has 6 heteroatoms. The van der Waals surface area contributed by atoms with Crippen LogP contribution in [0.1, 0.15) is 24.5 Å². The summed E-state index contributed by atoms with van der Waals surface area (Å²) in [5, 5.41) is 8.70. The molecule has 0 radical (unpaired) electrons. The molecule has 1 saturated heterocycles. The summed E-state index contributed by atoms with van der Waals surface area (Å²) < 4.78 is 26.5. The van der Waals surface area contributed by atoms with E-state index in [2.05, 4.69) is 9.62 Å². The van der Waals surface area contributed by atoms with E-state index in [-0.39, 0.29) is 11.9 Å². The second-order valence-electron chi connectivity index (χ2n) is 5.16. The Morgan fingerprint density at radius 2 is 1.95 bits per heavy atom. The molecule has 2 N–H and O–H groups in total. The molecule has 0 aromatic heterocycles. The maximum absolute atomic E-state index is 11.9. The Morgan fingerprint density at radius 1 is 1.30 bits per heavy atom. The topological polar surface area (TPSA) is 69.6 Å². The van der Waals surface area contributed by atoms with Gasteiger partial charge >= 0.3 is 0 Å². The van der Waals surface area contributed by atoms with E-state index in [1.165, 1.54) is 0 Å². The predicted octanol–water partition coefficient (Wildman–Crippen LogP) is 0.692. The van der Waals surface area contributed by atoms with Gasteiger partial charge < -0.3 is 5.11 Å². The number of sulfonamides is 1. The molecule has 1 aromatic carbocycles. The zero-order valence-corrected chi connectivity index (χ0v) is 12.6. The fraction of sp³-hybridized carbons (Fsp3) is 0.571. The van der Waals surface area contributed by atoms with Crippen LogP contribution in [0.2, 0.25) is 0 Å². The van der Waals surface area contributed by atoms with Crippen molar-refractivity contribution in [2.24, 2.45) is 0 Å². The summed E-state index contributed by atoms with van der Waals surface area (Å²) in [5.74, 6) is 0. The van der Waals surface area contributed by atoms with E-state index in [0.717, 1.165) is 24.2 Å². The molecule has 0 amide bonds. The van der Waals surface area contributed by atoms with Gasteiger partial charge in [-0.05, 0) is 24.1 Å². The Balaban J connectivity index is 1.92. The lowest BCUT2D eigenvalue weighted by atomic mass is 10.1. The number of hydrogen-bond acceptors (Lipinski definition) is 4. The highest BCUT2D eigenvalue weighted by atomic mass is 32.2. The van der Waals surface area contributed by atoms with Gasteiger partial charge in [-0.25, -0.2) is 13.1 Å². The zero-order valence-electron chi connectivity index (χ0n) is 11.7. The first-order valence-corrected chi connectivity index (χ1v) is 8.49. The van der Waals surface area contributed by atoms with E-state index < -0.39 is 10.0 Å². The molecule has 1 unspecified atom stereocenters. The molecule has 0 spiro atoms. The summed E-state index contributed by atoms with van der Waals surface area (Å²) in [7, 11) is -3.17. The number of nitrogens with one attached hydrogen (secondary N) is 1. The molecular weight excluding hydrogens is 276 g/mol. The SMILES string of the molecule is CCNS(=O)(=O)C1CCN(Cc2ccc(CO)cc2)C1. The van der Waals surface area contributed by atoms with Crippen LogP contribution in [0.15, 0.2) is 24.3 Å². The van der Waals surface area contributed by atoms with Crippen LogP contribution >= 0.6 is 0 Å². The predicted molar refractivity (Wildman–Crippen MR) is 78.6 cm³/mol. The Bertz CT molecular complexity index is 528. The summed E-state index contributed by atoms with van der Waals surface area (Å²) in [6.07, 6.45) is 0.685. The molecule has 5 nitrogen and oxygen atoms in total. The van der Waals surface area contributed by atoms with Gasteiger partial charge in [0.15, 0.2) is 0 Å². The van der Waals surface area contributed by atoms with Gasteiger partial charge in [0.1, 0.15) is 0 Å². The van der Waals surface area contributed by atoms with Crippen molar-refractivity contribution in [3.05, 3.63) is 35.4 Å². The van der Waals surface area contributed by atoms with E-state index in [4.69, 9.17) is 5.11 Å². The fourth-order valence-electron chi connectivity index (χ4n) is 2.52. The fourth-order valence-corrected chi connectivity index (χ4v) is 3.98. The summed E-state index contributed by atoms with van der Waals surface area (Å²) in [6, 6.07) is 7.77. The average molecular weight is 298 g/mol. The number of hydrogen-bond donors (Lipinski definition) is 2. The molecule has 0 saturated carbocycles. The minimum atomic E-state index is -3.17. The molecule has 112 valence electrons. The van der Waals surface area contributed by atoms with E-state index in [9.17, 15) is 8.42 Å². The van der Waals surface area contributed by atoms with Crippen LogP contribution in [-0.2, 0) is 23.2 Å². The van der Waals surface area contributed by atoms with Crippen molar-refractivity contribution in [3.8, 4) is 0 Å². The molecule has 0 bridgehead atoms. The smallest absolute Gasteiger partial charge is 0.215 e. The van der Waals surface area contributed by atoms with Crippen molar-refractivity contribution in [2.45, 2.75) is 31.7 Å². The highest BCUT2D eigenvalue weighted by Crippen LogP contribution is 2.18. The first kappa shape index (κ1) is 15.4. The second-order valence-corrected chi connectivity index (χ2v) is 7.21. The number of rotatable bonds is 6. The first-order chi connectivity index (χ1) is 9.55. The highest BCUT2D eigenvalue weighted by Gasteiger charge is 2.32. The van der Waals surface area contributed by atoms with Crippen LogP contribution < -0.4 is 4.72 Å². The molecule has 1 heterocycles. The van der Waals surface area contributed by atoms with Crippen molar-refractivity contribution in [3.63, 3.8) is 0 Å². The van der Waals surface area contributed by atoms with E-state index in [0.29, 0.717) is 19.5 Å². The molecule has 1 atom stereocenters. The highest BCUT2D eigenvalue weighted by molar-refractivity contribution is 7.90. The maximum Gasteiger partial charge on any atom is 0.215 e. The minimum absolute atomic E-state index is 0.0486. The van der Waals surface area contributed by atoms with Crippen LogP contribution in [0, 0.1) is 0 Å². The third-order valence-electron chi connectivity index (χ3n) is 3.63. The molecule has 1 aromatic rings. The van der Waals surface area contributed by atoms with Crippen LogP contribution in [0.25, 0.3) is 0 Å². The van der Waals surface area contributed by atoms with Gasteiger partial charge in [0.25, 0.3) is 0 Å². The summed E-state index contributed by atoms with van der Waals surface area (Å²) in [6.45, 7) is 4.43. The van der Waals surface area contributed by atoms with Crippen molar-refractivity contribution < 1.29 is 13.5 Å². The van der Waals surface area contributed by atoms with Gasteiger partial charge in [0.2, 0.25) is 10.0 Å². The van der Waals surface area contributed by atoms with E-state index >= 15 is 0 Å². The number of likely N-dealkylation sites (tertiary alicyclic amines) is 1. The van der Waals surface area contributed by atoms with Crippen LogP contribution in [0.5, 0.6) is 0 Å². The number of benzene rings is 1. The molecule has 2 rings (SSSR count). The maximum atomic E-state index is 11.9. The van der Waals surface area contributed by atoms with Crippen molar-refractivity contribution in [1.29, 1.82) is 0 Å². The number of aliphatic hydroxyl groups is 1. The quantitative estimate of drug-likeness (QED) is 0.811. The molecule has 1 aliphatic rings. The summed E-state index contributed by atoms with van der Waals surface area (Å²) in [5.41, 5.74) is 2.03. The Labute approximate surface area is 120 Å². The lowest BCUT2D eigenvalue weighted by Gasteiger charge is -2.16. The first-order valence-electron chi connectivity index (χ1n) is 6.94. The monoisotopic (exact) mass is 298 g/mol. The largest absolute Gasteiger partial charge is 0.392 e. The minimum Gasteiger partial charge on any atom is -0.392 e. The van der Waals surface area contributed by atoms with E-state index in [1.807, 2.05) is 24.3 Å². The zero-order chi connectivity index (χ0) is 14.6. The Hall–Kier alpha value is -0.950. The van der Waals surface area contributed by atoms with Gasteiger partial charge in [0, 0.05) is 19.6 Å².